The van der Waals surface area contributed by atoms with Crippen molar-refractivity contribution in [2.24, 2.45) is 17.3 Å². The Morgan fingerprint density at radius 3 is 2.47 bits per heavy atom. The molecule has 7 unspecified atom stereocenters. The van der Waals surface area contributed by atoms with Gasteiger partial charge in [0.05, 0.1) is 37.5 Å². The fraction of sp³-hybridized carbons (Fsp3) is 0.707. The van der Waals surface area contributed by atoms with Crippen molar-refractivity contribution in [2.45, 2.75) is 134 Å². The number of aliphatic hydroxyl groups excluding tert-OH is 4. The first-order chi connectivity index (χ1) is 33.8. The molecule has 0 bridgehead atoms. The number of aromatic nitrogens is 4. The zero-order valence-corrected chi connectivity index (χ0v) is 43.4. The van der Waals surface area contributed by atoms with Crippen molar-refractivity contribution in [1.82, 2.24) is 30.2 Å². The van der Waals surface area contributed by atoms with E-state index < -0.39 is 96.8 Å². The Kier molecular flexibility index (Phi) is 21.9. The number of hydrogen-bond donors (Lipinski definition) is 11. The quantitative estimate of drug-likeness (QED) is 0.0315. The molecule has 12 N–H and O–H groups in total. The SMILES string of the molecule is CCCCC[C@H](O)/C=C/[C@@H]1[C@H]2C/C(=C\CCCC(=O)SCCNC(=O)CCNC(=O)C(O)C(C)(C)COP(=O)(O)OP(=O)(O)OCC3OC(n4cnc5c(N)ncnc54)C(O)C3OP(=O)(O)O)O[C@H]2C[C@H]1O. The zero-order valence-electron chi connectivity index (χ0n) is 39.9. The van der Waals surface area contributed by atoms with Crippen LogP contribution < -0.4 is 16.4 Å². The molecule has 0 aromatic carbocycles. The van der Waals surface area contributed by atoms with E-state index in [1.807, 2.05) is 12.2 Å². The van der Waals surface area contributed by atoms with Crippen LogP contribution >= 0.6 is 35.2 Å². The summed E-state index contributed by atoms with van der Waals surface area (Å²) in [5.74, 6) is -0.282. The van der Waals surface area contributed by atoms with Crippen LogP contribution in [0.5, 0.6) is 0 Å². The van der Waals surface area contributed by atoms with Gasteiger partial charge in [-0.05, 0) is 25.3 Å². The minimum Gasteiger partial charge on any atom is -0.495 e. The highest BCUT2D eigenvalue weighted by atomic mass is 32.2. The van der Waals surface area contributed by atoms with Crippen molar-refractivity contribution in [3.05, 3.63) is 36.6 Å². The molecule has 2 amide bonds. The van der Waals surface area contributed by atoms with Crippen LogP contribution in [0.15, 0.2) is 36.6 Å². The first-order valence-corrected chi connectivity index (χ1v) is 28.7. The van der Waals surface area contributed by atoms with Crippen LogP contribution in [0.3, 0.4) is 0 Å². The number of hydrogen-bond acceptors (Lipinski definition) is 21. The number of rotatable bonds is 29. The lowest BCUT2D eigenvalue weighted by atomic mass is 9.87. The molecule has 3 aliphatic rings. The number of nitrogens with zero attached hydrogens (tertiary/aromatic N) is 4. The summed E-state index contributed by atoms with van der Waals surface area (Å²) in [6.45, 7) is 2.51. The first kappa shape index (κ1) is 59.6. The number of aliphatic hydroxyl groups is 4. The van der Waals surface area contributed by atoms with Crippen molar-refractivity contribution in [1.29, 1.82) is 0 Å². The summed E-state index contributed by atoms with van der Waals surface area (Å²) in [4.78, 5) is 88.8. The maximum Gasteiger partial charge on any atom is 0.481 e. The molecule has 31 heteroatoms. The summed E-state index contributed by atoms with van der Waals surface area (Å²) < 4.78 is 68.6. The van der Waals surface area contributed by atoms with E-state index in [1.165, 1.54) is 13.8 Å². The molecule has 0 radical (unpaired) electrons. The monoisotopic (exact) mass is 1100 g/mol. The lowest BCUT2D eigenvalue weighted by Crippen LogP contribution is -2.46. The number of thioether (sulfide) groups is 1. The van der Waals surface area contributed by atoms with Gasteiger partial charge in [0.15, 0.2) is 22.8 Å². The Morgan fingerprint density at radius 2 is 1.75 bits per heavy atom. The van der Waals surface area contributed by atoms with Gasteiger partial charge in [0.1, 0.15) is 42.4 Å². The number of phosphoric ester groups is 3. The number of carbonyl (C=O) groups is 3. The molecular formula is C41H66N7O20P3S. The molecule has 1 aliphatic carbocycles. The van der Waals surface area contributed by atoms with E-state index in [-0.39, 0.29) is 59.5 Å². The van der Waals surface area contributed by atoms with Gasteiger partial charge in [0.25, 0.3) is 0 Å². The third-order valence-electron chi connectivity index (χ3n) is 12.0. The normalized spacial score (nSPS) is 26.6. The number of imidazole rings is 1. The molecule has 2 aromatic rings. The van der Waals surface area contributed by atoms with Crippen molar-refractivity contribution >= 4 is 69.1 Å². The highest BCUT2D eigenvalue weighted by Crippen LogP contribution is 2.61. The second kappa shape index (κ2) is 26.5. The molecule has 2 saturated heterocycles. The number of anilines is 1. The number of unbranched alkanes of at least 4 members (excludes halogenated alkanes) is 3. The van der Waals surface area contributed by atoms with Crippen LogP contribution in [0.2, 0.25) is 0 Å². The molecule has 72 heavy (non-hydrogen) atoms. The van der Waals surface area contributed by atoms with Crippen LogP contribution in [-0.4, -0.2) is 151 Å². The number of ether oxygens (including phenoxy) is 2. The smallest absolute Gasteiger partial charge is 0.481 e. The summed E-state index contributed by atoms with van der Waals surface area (Å²) in [5.41, 5.74) is 4.24. The summed E-state index contributed by atoms with van der Waals surface area (Å²) in [7, 11) is -16.5. The second-order valence-corrected chi connectivity index (χ2v) is 23.6. The van der Waals surface area contributed by atoms with E-state index in [1.54, 1.807) is 6.08 Å². The van der Waals surface area contributed by atoms with E-state index >= 15 is 0 Å². The fourth-order valence-corrected chi connectivity index (χ4v) is 11.8. The summed E-state index contributed by atoms with van der Waals surface area (Å²) in [6.07, 6.45) is 4.15. The van der Waals surface area contributed by atoms with Crippen molar-refractivity contribution in [2.75, 3.05) is 37.8 Å². The predicted octanol–water partition coefficient (Wildman–Crippen LogP) is 2.00. The van der Waals surface area contributed by atoms with Crippen LogP contribution in [-0.2, 0) is 55.4 Å². The molecule has 4 heterocycles. The van der Waals surface area contributed by atoms with Gasteiger partial charge in [-0.2, -0.15) is 4.31 Å². The highest BCUT2D eigenvalue weighted by molar-refractivity contribution is 8.13. The predicted molar refractivity (Wildman–Crippen MR) is 255 cm³/mol. The second-order valence-electron chi connectivity index (χ2n) is 18.2. The molecule has 406 valence electrons. The van der Waals surface area contributed by atoms with E-state index in [4.69, 9.17) is 24.3 Å². The van der Waals surface area contributed by atoms with E-state index in [0.717, 1.165) is 54.0 Å². The lowest BCUT2D eigenvalue weighted by Gasteiger charge is -2.30. The summed E-state index contributed by atoms with van der Waals surface area (Å²) in [5, 5.41) is 47.4. The maximum atomic E-state index is 12.8. The van der Waals surface area contributed by atoms with E-state index in [0.29, 0.717) is 44.3 Å². The molecule has 1 saturated carbocycles. The largest absolute Gasteiger partial charge is 0.495 e. The molecule has 12 atom stereocenters. The number of nitrogens with two attached hydrogens (primary N) is 1. The summed E-state index contributed by atoms with van der Waals surface area (Å²) >= 11 is 1.07. The van der Waals surface area contributed by atoms with Crippen LogP contribution in [0.4, 0.5) is 5.82 Å². The highest BCUT2D eigenvalue weighted by Gasteiger charge is 2.51. The van der Waals surface area contributed by atoms with Crippen LogP contribution in [0.1, 0.15) is 91.2 Å². The van der Waals surface area contributed by atoms with Gasteiger partial charge in [-0.1, -0.05) is 63.9 Å². The number of amides is 2. The Labute approximate surface area is 419 Å². The van der Waals surface area contributed by atoms with Crippen LogP contribution in [0.25, 0.3) is 11.2 Å². The average molecular weight is 1100 g/mol. The first-order valence-electron chi connectivity index (χ1n) is 23.2. The van der Waals surface area contributed by atoms with E-state index in [9.17, 15) is 68.1 Å². The number of allylic oxidation sites excluding steroid dienone is 2. The number of carbonyl (C=O) groups excluding carboxylic acids is 3. The molecular weight excluding hydrogens is 1040 g/mol. The molecule has 3 fully saturated rings. The minimum atomic E-state index is -5.60. The van der Waals surface area contributed by atoms with Crippen molar-refractivity contribution in [3.63, 3.8) is 0 Å². The number of nitrogen functional groups attached to an aromatic ring is 1. The van der Waals surface area contributed by atoms with Crippen LogP contribution in [0, 0.1) is 17.3 Å². The molecule has 5 rings (SSSR count). The van der Waals surface area contributed by atoms with Gasteiger partial charge in [-0.15, -0.1) is 0 Å². The standard InChI is InChI=1S/C41H66N7O20P3S/c1-4-5-6-9-24(49)12-13-26-27-18-25(65-29(27)19-28(26)50)10-7-8-11-32(52)72-17-16-43-31(51)14-15-44-39(55)36(54)41(2,3)21-64-71(61,62)68-70(59,60)63-20-30-35(67-69(56,57)58)34(53)40(66-30)48-23-47-33-37(42)45-22-46-38(33)48/h10,12-13,22-24,26-30,34-36,40,49-50,53-54H,4-9,11,14-21H2,1-3H3,(H,43,51)(H,44,55)(H,59,60)(H,61,62)(H2,42,45,46)(H2,56,57,58)/b13-12+,25-10+/t24-,26+,27+,28+,29-,30?,34?,35?,36?,40?/m0/s1. The maximum absolute atomic E-state index is 12.8. The number of phosphoric acid groups is 3. The Balaban J connectivity index is 0.952. The zero-order chi connectivity index (χ0) is 53.0. The third-order valence-corrected chi connectivity index (χ3v) is 16.0. The molecule has 0 spiro atoms. The number of fused-ring (bicyclic) bond motifs is 2. The molecule has 2 aromatic heterocycles. The number of nitrogens with one attached hydrogen (secondary N) is 2. The molecule has 27 nitrogen and oxygen atoms in total. The van der Waals surface area contributed by atoms with Gasteiger partial charge in [0, 0.05) is 61.8 Å². The van der Waals surface area contributed by atoms with Crippen molar-refractivity contribution in [3.8, 4) is 0 Å². The van der Waals surface area contributed by atoms with Gasteiger partial charge < -0.3 is 65.8 Å². The summed E-state index contributed by atoms with van der Waals surface area (Å²) in [6, 6.07) is 0. The van der Waals surface area contributed by atoms with Crippen molar-refractivity contribution < 1.29 is 95.4 Å². The lowest BCUT2D eigenvalue weighted by molar-refractivity contribution is -0.137. The average Bonchev–Trinajstić information content (AvgIpc) is 4.05. The Morgan fingerprint density at radius 1 is 1.01 bits per heavy atom. The third kappa shape index (κ3) is 17.7. The van der Waals surface area contributed by atoms with Gasteiger partial charge in [-0.3, -0.25) is 32.5 Å². The topological polar surface area (TPSA) is 413 Å². The fourth-order valence-electron chi connectivity index (χ4n) is 8.22. The van der Waals surface area contributed by atoms with Gasteiger partial charge in [-0.25, -0.2) is 28.6 Å². The van der Waals surface area contributed by atoms with Gasteiger partial charge >= 0.3 is 23.5 Å². The Bertz CT molecular complexity index is 2370. The molecule has 2 aliphatic heterocycles. The minimum absolute atomic E-state index is 0.0243. The van der Waals surface area contributed by atoms with Gasteiger partial charge in [0.2, 0.25) is 11.8 Å². The van der Waals surface area contributed by atoms with E-state index in [2.05, 4.69) is 41.3 Å². The Hall–Kier alpha value is -3.24.